The zero-order valence-corrected chi connectivity index (χ0v) is 29.3. The third kappa shape index (κ3) is 7.32. The van der Waals surface area contributed by atoms with Crippen LogP contribution in [0.3, 0.4) is 0 Å². The molecule has 0 aromatic heterocycles. The summed E-state index contributed by atoms with van der Waals surface area (Å²) in [7, 11) is 0. The van der Waals surface area contributed by atoms with Crippen LogP contribution in [0.4, 0.5) is 21.9 Å². The van der Waals surface area contributed by atoms with Crippen molar-refractivity contribution in [3.05, 3.63) is 119 Å². The number of nitrogens with one attached hydrogen (secondary N) is 1. The highest BCUT2D eigenvalue weighted by Gasteiger charge is 2.32. The van der Waals surface area contributed by atoms with E-state index in [9.17, 15) is 14.7 Å². The Labute approximate surface area is 301 Å². The molecule has 0 bridgehead atoms. The summed E-state index contributed by atoms with van der Waals surface area (Å²) in [4.78, 5) is 35.5. The van der Waals surface area contributed by atoms with Crippen LogP contribution in [0.25, 0.3) is 0 Å². The van der Waals surface area contributed by atoms with Gasteiger partial charge >= 0.3 is 6.03 Å². The van der Waals surface area contributed by atoms with Gasteiger partial charge in [-0.05, 0) is 89.5 Å². The van der Waals surface area contributed by atoms with Crippen molar-refractivity contribution in [2.45, 2.75) is 31.1 Å². The molecule has 8 rings (SSSR count). The fraction of sp³-hybridized carbons (Fsp3) is 0.381. The molecule has 2 N–H and O–H groups in total. The highest BCUT2D eigenvalue weighted by atomic mass is 16.3. The number of aromatic hydroxyl groups is 1. The fourth-order valence-electron chi connectivity index (χ4n) is 8.57. The van der Waals surface area contributed by atoms with Crippen molar-refractivity contribution in [1.82, 2.24) is 15.1 Å². The number of phenolic OH excluding ortho intramolecular Hbond substituents is 1. The summed E-state index contributed by atoms with van der Waals surface area (Å²) in [5.41, 5.74) is 8.65. The summed E-state index contributed by atoms with van der Waals surface area (Å²) in [5.74, 6) is 0.831. The number of hydrogen-bond acceptors (Lipinski definition) is 7. The first-order valence-electron chi connectivity index (χ1n) is 18.6. The Morgan fingerprint density at radius 2 is 1.20 bits per heavy atom. The number of rotatable bonds is 8. The lowest BCUT2D eigenvalue weighted by molar-refractivity contribution is -0.120. The molecule has 51 heavy (non-hydrogen) atoms. The monoisotopic (exact) mass is 684 g/mol. The standard InChI is InChI=1S/C42H48N6O3/c49-37-15-17-39-33(30-37)8-16-38(31-4-2-1-3-5-31)41(39)32-6-9-34(10-7-32)46-26-22-44(23-27-46)20-21-45-24-28-47(29-25-45)35-11-13-36(14-12-35)48-19-18-40(50)43-42(48)51/h1-7,9-15,17,30,38,41,49H,8,16,18-29H2,(H,43,50,51)/t38-,41+/m1/s1. The maximum absolute atomic E-state index is 12.2. The van der Waals surface area contributed by atoms with Crippen molar-refractivity contribution in [3.63, 3.8) is 0 Å². The average molecular weight is 685 g/mol. The third-order valence-electron chi connectivity index (χ3n) is 11.5. The second-order valence-electron chi connectivity index (χ2n) is 14.4. The molecular weight excluding hydrogens is 637 g/mol. The van der Waals surface area contributed by atoms with Crippen LogP contribution in [0.5, 0.6) is 5.75 Å². The van der Waals surface area contributed by atoms with Crippen molar-refractivity contribution in [2.24, 2.45) is 0 Å². The van der Waals surface area contributed by atoms with Crippen LogP contribution in [0.2, 0.25) is 0 Å². The van der Waals surface area contributed by atoms with Crippen molar-refractivity contribution in [1.29, 1.82) is 0 Å². The summed E-state index contributed by atoms with van der Waals surface area (Å²) >= 11 is 0. The number of anilines is 3. The molecule has 2 atom stereocenters. The van der Waals surface area contributed by atoms with Crippen molar-refractivity contribution in [3.8, 4) is 5.75 Å². The Hall–Kier alpha value is -4.86. The van der Waals surface area contributed by atoms with Gasteiger partial charge in [-0.25, -0.2) is 4.79 Å². The highest BCUT2D eigenvalue weighted by Crippen LogP contribution is 2.47. The summed E-state index contributed by atoms with van der Waals surface area (Å²) in [6.07, 6.45) is 2.40. The van der Waals surface area contributed by atoms with Crippen LogP contribution in [-0.4, -0.2) is 98.8 Å². The lowest BCUT2D eigenvalue weighted by atomic mass is 9.69. The van der Waals surface area contributed by atoms with Gasteiger partial charge in [0.2, 0.25) is 5.91 Å². The quantitative estimate of drug-likeness (QED) is 0.249. The number of nitrogens with zero attached hydrogens (tertiary/aromatic N) is 5. The summed E-state index contributed by atoms with van der Waals surface area (Å²) in [6, 6.07) is 34.0. The summed E-state index contributed by atoms with van der Waals surface area (Å²) in [5, 5.41) is 12.6. The lowest BCUT2D eigenvalue weighted by Crippen LogP contribution is -2.51. The van der Waals surface area contributed by atoms with Gasteiger partial charge in [-0.3, -0.25) is 24.8 Å². The van der Waals surface area contributed by atoms with E-state index in [4.69, 9.17) is 0 Å². The van der Waals surface area contributed by atoms with E-state index in [2.05, 4.69) is 97.7 Å². The van der Waals surface area contributed by atoms with E-state index in [-0.39, 0.29) is 17.9 Å². The smallest absolute Gasteiger partial charge is 0.328 e. The first-order chi connectivity index (χ1) is 25.0. The Bertz CT molecular complexity index is 1820. The number of carbonyl (C=O) groups excluding carboxylic acids is 2. The molecule has 0 unspecified atom stereocenters. The van der Waals surface area contributed by atoms with Gasteiger partial charge in [0.15, 0.2) is 0 Å². The van der Waals surface area contributed by atoms with E-state index in [0.717, 1.165) is 84.0 Å². The minimum Gasteiger partial charge on any atom is -0.508 e. The van der Waals surface area contributed by atoms with E-state index in [0.29, 0.717) is 24.6 Å². The van der Waals surface area contributed by atoms with E-state index < -0.39 is 0 Å². The third-order valence-corrected chi connectivity index (χ3v) is 11.5. The zero-order valence-electron chi connectivity index (χ0n) is 29.3. The minimum atomic E-state index is -0.342. The Morgan fingerprint density at radius 3 is 1.80 bits per heavy atom. The Balaban J connectivity index is 0.816. The van der Waals surface area contributed by atoms with Crippen molar-refractivity contribution >= 4 is 29.0 Å². The second-order valence-corrected chi connectivity index (χ2v) is 14.4. The van der Waals surface area contributed by atoms with E-state index in [1.54, 1.807) is 4.90 Å². The van der Waals surface area contributed by atoms with Crippen LogP contribution in [0.15, 0.2) is 97.1 Å². The maximum Gasteiger partial charge on any atom is 0.328 e. The molecule has 9 heteroatoms. The topological polar surface area (TPSA) is 82.6 Å². The molecule has 3 aliphatic heterocycles. The molecule has 0 spiro atoms. The van der Waals surface area contributed by atoms with Gasteiger partial charge in [0, 0.05) is 101 Å². The van der Waals surface area contributed by atoms with E-state index in [1.807, 2.05) is 24.3 Å². The predicted molar refractivity (Wildman–Crippen MR) is 203 cm³/mol. The molecular formula is C42H48N6O3. The first kappa shape index (κ1) is 33.3. The molecule has 4 aromatic carbocycles. The number of hydrogen-bond donors (Lipinski definition) is 2. The van der Waals surface area contributed by atoms with Gasteiger partial charge in [0.05, 0.1) is 0 Å². The molecule has 3 heterocycles. The van der Waals surface area contributed by atoms with Crippen molar-refractivity contribution in [2.75, 3.05) is 86.7 Å². The summed E-state index contributed by atoms with van der Waals surface area (Å²) < 4.78 is 0. The number of imide groups is 1. The van der Waals surface area contributed by atoms with E-state index >= 15 is 0 Å². The molecule has 0 saturated carbocycles. The molecule has 4 aromatic rings. The van der Waals surface area contributed by atoms with Crippen LogP contribution < -0.4 is 20.0 Å². The van der Waals surface area contributed by atoms with Crippen LogP contribution in [-0.2, 0) is 11.2 Å². The molecule has 9 nitrogen and oxygen atoms in total. The number of carbonyl (C=O) groups is 2. The van der Waals surface area contributed by atoms with Gasteiger partial charge in [0.25, 0.3) is 0 Å². The van der Waals surface area contributed by atoms with Gasteiger partial charge in [-0.15, -0.1) is 0 Å². The number of fused-ring (bicyclic) bond motifs is 1. The van der Waals surface area contributed by atoms with Crippen LogP contribution in [0.1, 0.15) is 46.9 Å². The molecule has 3 saturated heterocycles. The number of amides is 3. The highest BCUT2D eigenvalue weighted by molar-refractivity contribution is 6.05. The normalized spacial score (nSPS) is 21.8. The zero-order chi connectivity index (χ0) is 34.7. The number of piperazine rings is 2. The SMILES string of the molecule is O=C1CCN(c2ccc(N3CCN(CCN4CCN(c5ccc([C@@H]6c7ccc(O)cc7CC[C@@H]6c6ccccc6)cc5)CC4)CC3)cc2)C(=O)N1. The fourth-order valence-corrected chi connectivity index (χ4v) is 8.57. The minimum absolute atomic E-state index is 0.210. The maximum atomic E-state index is 12.2. The molecule has 1 aliphatic carbocycles. The number of aryl methyl sites for hydroxylation is 1. The largest absolute Gasteiger partial charge is 0.508 e. The lowest BCUT2D eigenvalue weighted by Gasteiger charge is -2.39. The average Bonchev–Trinajstić information content (AvgIpc) is 3.17. The van der Waals surface area contributed by atoms with Gasteiger partial charge in [0.1, 0.15) is 5.75 Å². The molecule has 0 radical (unpaired) electrons. The number of phenols is 1. The Kier molecular flexibility index (Phi) is 9.65. The van der Waals surface area contributed by atoms with Gasteiger partial charge in [-0.2, -0.15) is 0 Å². The Morgan fingerprint density at radius 1 is 0.608 bits per heavy atom. The molecule has 3 amide bonds. The predicted octanol–water partition coefficient (Wildman–Crippen LogP) is 5.64. The van der Waals surface area contributed by atoms with Gasteiger partial charge < -0.3 is 14.9 Å². The number of benzene rings is 4. The molecule has 264 valence electrons. The molecule has 4 aliphatic rings. The summed E-state index contributed by atoms with van der Waals surface area (Å²) in [6.45, 7) is 10.9. The van der Waals surface area contributed by atoms with E-state index in [1.165, 1.54) is 33.6 Å². The van der Waals surface area contributed by atoms with Crippen molar-refractivity contribution < 1.29 is 14.7 Å². The second kappa shape index (κ2) is 14.8. The first-order valence-corrected chi connectivity index (χ1v) is 18.6. The molecule has 3 fully saturated rings. The number of urea groups is 1. The van der Waals surface area contributed by atoms with Crippen LogP contribution in [0, 0.1) is 0 Å². The van der Waals surface area contributed by atoms with Gasteiger partial charge in [-0.1, -0.05) is 48.5 Å². The van der Waals surface area contributed by atoms with Crippen LogP contribution >= 0.6 is 0 Å².